The van der Waals surface area contributed by atoms with Gasteiger partial charge in [-0.05, 0) is 6.92 Å². The fraction of sp³-hybridized carbons (Fsp3) is 0.500. The minimum atomic E-state index is 0.0493. The van der Waals surface area contributed by atoms with E-state index in [1.807, 2.05) is 20.2 Å². The number of aromatic nitrogens is 4. The zero-order valence-corrected chi connectivity index (χ0v) is 11.0. The van der Waals surface area contributed by atoms with Crippen LogP contribution in [-0.4, -0.2) is 19.7 Å². The average Bonchev–Trinajstić information content (AvgIpc) is 2.73. The fourth-order valence-corrected chi connectivity index (χ4v) is 1.78. The van der Waals surface area contributed by atoms with Crippen LogP contribution in [0.1, 0.15) is 32.2 Å². The Morgan fingerprint density at radius 2 is 2.00 bits per heavy atom. The molecule has 0 amide bonds. The summed E-state index contributed by atoms with van der Waals surface area (Å²) in [5.41, 5.74) is 9.51. The highest BCUT2D eigenvalue weighted by Gasteiger charge is 2.20. The van der Waals surface area contributed by atoms with Crippen LogP contribution in [0.3, 0.4) is 0 Å². The third-order valence-corrected chi connectivity index (χ3v) is 2.88. The quantitative estimate of drug-likeness (QED) is 0.791. The van der Waals surface area contributed by atoms with E-state index in [0.29, 0.717) is 5.69 Å². The van der Waals surface area contributed by atoms with Gasteiger partial charge >= 0.3 is 0 Å². The number of hydrogen-bond acceptors (Lipinski definition) is 3. The predicted molar refractivity (Wildman–Crippen MR) is 68.6 cm³/mol. The van der Waals surface area contributed by atoms with Crippen molar-refractivity contribution in [2.24, 2.45) is 7.05 Å². The summed E-state index contributed by atoms with van der Waals surface area (Å²) < 4.78 is 1.76. The van der Waals surface area contributed by atoms with Crippen molar-refractivity contribution < 1.29 is 0 Å². The summed E-state index contributed by atoms with van der Waals surface area (Å²) in [5.74, 6) is 0.774. The Morgan fingerprint density at radius 1 is 1.35 bits per heavy atom. The van der Waals surface area contributed by atoms with E-state index < -0.39 is 0 Å². The Morgan fingerprint density at radius 3 is 2.41 bits per heavy atom. The SMILES string of the molecule is Cc1nn(C)c(-c2ncc(C(C)(C)C)[nH]2)c1N. The normalized spacial score (nSPS) is 12.1. The summed E-state index contributed by atoms with van der Waals surface area (Å²) >= 11 is 0. The lowest BCUT2D eigenvalue weighted by Gasteiger charge is -2.15. The van der Waals surface area contributed by atoms with Crippen LogP contribution in [0, 0.1) is 6.92 Å². The van der Waals surface area contributed by atoms with Gasteiger partial charge in [-0.2, -0.15) is 5.10 Å². The van der Waals surface area contributed by atoms with Gasteiger partial charge in [-0.1, -0.05) is 20.8 Å². The topological polar surface area (TPSA) is 72.5 Å². The molecule has 2 aromatic rings. The first-order valence-electron chi connectivity index (χ1n) is 5.65. The zero-order valence-electron chi connectivity index (χ0n) is 11.0. The van der Waals surface area contributed by atoms with Crippen LogP contribution >= 0.6 is 0 Å². The van der Waals surface area contributed by atoms with Crippen LogP contribution in [0.2, 0.25) is 0 Å². The highest BCUT2D eigenvalue weighted by molar-refractivity contribution is 5.70. The van der Waals surface area contributed by atoms with E-state index >= 15 is 0 Å². The van der Waals surface area contributed by atoms with Crippen molar-refractivity contribution in [1.29, 1.82) is 0 Å². The Kier molecular flexibility index (Phi) is 2.49. The summed E-state index contributed by atoms with van der Waals surface area (Å²) in [4.78, 5) is 7.70. The maximum absolute atomic E-state index is 6.01. The number of nitrogens with zero attached hydrogens (tertiary/aromatic N) is 3. The van der Waals surface area contributed by atoms with E-state index in [1.54, 1.807) is 4.68 Å². The molecule has 0 unspecified atom stereocenters. The van der Waals surface area contributed by atoms with Crippen LogP contribution in [0.15, 0.2) is 6.20 Å². The smallest absolute Gasteiger partial charge is 0.158 e. The van der Waals surface area contributed by atoms with Crippen molar-refractivity contribution in [3.63, 3.8) is 0 Å². The summed E-state index contributed by atoms with van der Waals surface area (Å²) in [6, 6.07) is 0. The molecule has 2 heterocycles. The molecule has 5 heteroatoms. The van der Waals surface area contributed by atoms with Crippen LogP contribution in [0.4, 0.5) is 5.69 Å². The number of aromatic amines is 1. The van der Waals surface area contributed by atoms with E-state index in [4.69, 9.17) is 5.73 Å². The molecule has 0 saturated heterocycles. The maximum atomic E-state index is 6.01. The number of rotatable bonds is 1. The molecule has 0 radical (unpaired) electrons. The second-order valence-electron chi connectivity index (χ2n) is 5.37. The van der Waals surface area contributed by atoms with Crippen molar-refractivity contribution in [3.8, 4) is 11.5 Å². The van der Waals surface area contributed by atoms with Gasteiger partial charge in [0.25, 0.3) is 0 Å². The zero-order chi connectivity index (χ0) is 12.8. The third kappa shape index (κ3) is 1.92. The van der Waals surface area contributed by atoms with Crippen molar-refractivity contribution in [1.82, 2.24) is 19.7 Å². The van der Waals surface area contributed by atoms with Gasteiger partial charge in [0.1, 0.15) is 5.69 Å². The highest BCUT2D eigenvalue weighted by Crippen LogP contribution is 2.28. The lowest BCUT2D eigenvalue weighted by atomic mass is 9.93. The summed E-state index contributed by atoms with van der Waals surface area (Å²) in [6.07, 6.45) is 1.86. The molecule has 0 aliphatic carbocycles. The standard InChI is InChI=1S/C12H19N5/c1-7-9(13)10(17(5)16-7)11-14-6-8(15-11)12(2,3)4/h6H,13H2,1-5H3,(H,14,15). The fourth-order valence-electron chi connectivity index (χ4n) is 1.78. The van der Waals surface area contributed by atoms with Gasteiger partial charge in [0.15, 0.2) is 5.82 Å². The largest absolute Gasteiger partial charge is 0.395 e. The molecule has 2 aromatic heterocycles. The van der Waals surface area contributed by atoms with Crippen molar-refractivity contribution in [2.45, 2.75) is 33.1 Å². The third-order valence-electron chi connectivity index (χ3n) is 2.88. The van der Waals surface area contributed by atoms with Crippen molar-refractivity contribution >= 4 is 5.69 Å². The molecule has 0 aromatic carbocycles. The van der Waals surface area contributed by atoms with Crippen LogP contribution in [0.25, 0.3) is 11.5 Å². The molecule has 0 aliphatic rings. The molecule has 0 atom stereocenters. The summed E-state index contributed by atoms with van der Waals surface area (Å²) in [5, 5.41) is 4.29. The lowest BCUT2D eigenvalue weighted by molar-refractivity contribution is 0.572. The molecule has 0 fully saturated rings. The monoisotopic (exact) mass is 233 g/mol. The first-order valence-corrected chi connectivity index (χ1v) is 5.65. The number of nitrogen functional groups attached to an aromatic ring is 1. The van der Waals surface area contributed by atoms with Gasteiger partial charge < -0.3 is 10.7 Å². The second-order valence-corrected chi connectivity index (χ2v) is 5.37. The number of nitrogens with two attached hydrogens (primary N) is 1. The molecular formula is C12H19N5. The van der Waals surface area contributed by atoms with Gasteiger partial charge in [0.2, 0.25) is 0 Å². The first kappa shape index (κ1) is 11.7. The molecule has 5 nitrogen and oxygen atoms in total. The molecule has 0 aliphatic heterocycles. The molecule has 3 N–H and O–H groups in total. The Hall–Kier alpha value is -1.78. The lowest BCUT2D eigenvalue weighted by Crippen LogP contribution is -2.11. The van der Waals surface area contributed by atoms with Crippen molar-refractivity contribution in [2.75, 3.05) is 5.73 Å². The van der Waals surface area contributed by atoms with Gasteiger partial charge in [-0.25, -0.2) is 4.98 Å². The van der Waals surface area contributed by atoms with Gasteiger partial charge in [0.05, 0.1) is 11.4 Å². The second kappa shape index (κ2) is 3.61. The number of imidazole rings is 1. The molecule has 17 heavy (non-hydrogen) atoms. The number of H-pyrrole nitrogens is 1. The van der Waals surface area contributed by atoms with E-state index in [9.17, 15) is 0 Å². The summed E-state index contributed by atoms with van der Waals surface area (Å²) in [6.45, 7) is 8.32. The van der Waals surface area contributed by atoms with Gasteiger partial charge in [-0.15, -0.1) is 0 Å². The predicted octanol–water partition coefficient (Wildman–Crippen LogP) is 2.00. The maximum Gasteiger partial charge on any atom is 0.158 e. The molecule has 92 valence electrons. The Bertz CT molecular complexity index is 542. The van der Waals surface area contributed by atoms with Gasteiger partial charge in [-0.3, -0.25) is 4.68 Å². The first-order chi connectivity index (χ1) is 7.80. The number of anilines is 1. The minimum absolute atomic E-state index is 0.0493. The highest BCUT2D eigenvalue weighted by atomic mass is 15.3. The number of hydrogen-bond donors (Lipinski definition) is 2. The van der Waals surface area contributed by atoms with E-state index in [2.05, 4.69) is 35.8 Å². The van der Waals surface area contributed by atoms with E-state index in [0.717, 1.165) is 22.9 Å². The van der Waals surface area contributed by atoms with Crippen molar-refractivity contribution in [3.05, 3.63) is 17.6 Å². The van der Waals surface area contributed by atoms with Gasteiger partial charge in [0, 0.05) is 24.4 Å². The molecule has 0 spiro atoms. The molecule has 0 saturated carbocycles. The van der Waals surface area contributed by atoms with Crippen LogP contribution in [0.5, 0.6) is 0 Å². The summed E-state index contributed by atoms with van der Waals surface area (Å²) in [7, 11) is 1.87. The molecule has 0 bridgehead atoms. The Balaban J connectivity index is 2.51. The Labute approximate surface area is 101 Å². The average molecular weight is 233 g/mol. The van der Waals surface area contributed by atoms with E-state index in [-0.39, 0.29) is 5.41 Å². The minimum Gasteiger partial charge on any atom is -0.395 e. The number of aryl methyl sites for hydroxylation is 2. The molecule has 2 rings (SSSR count). The molecular weight excluding hydrogens is 214 g/mol. The van der Waals surface area contributed by atoms with Crippen LogP contribution < -0.4 is 5.73 Å². The number of nitrogens with one attached hydrogen (secondary N) is 1. The van der Waals surface area contributed by atoms with E-state index in [1.165, 1.54) is 0 Å². The van der Waals surface area contributed by atoms with Crippen LogP contribution in [-0.2, 0) is 12.5 Å².